The molecule has 9 heteroatoms. The molecule has 2 rings (SSSR count). The van der Waals surface area contributed by atoms with E-state index in [1.54, 1.807) is 24.3 Å². The minimum absolute atomic E-state index is 0.0517. The second kappa shape index (κ2) is 6.67. The van der Waals surface area contributed by atoms with Crippen molar-refractivity contribution in [3.8, 4) is 5.75 Å². The minimum Gasteiger partial charge on any atom is -0.497 e. The second-order valence-electron chi connectivity index (χ2n) is 4.51. The molecule has 0 unspecified atom stereocenters. The van der Waals surface area contributed by atoms with E-state index in [0.29, 0.717) is 11.3 Å². The highest BCUT2D eigenvalue weighted by atomic mass is 19.4. The number of carbonyl (C=O) groups excluding carboxylic acids is 1. The minimum atomic E-state index is -4.79. The lowest BCUT2D eigenvalue weighted by atomic mass is 10.2. The average Bonchev–Trinajstić information content (AvgIpc) is 2.92. The van der Waals surface area contributed by atoms with Gasteiger partial charge in [-0.1, -0.05) is 17.3 Å². The van der Waals surface area contributed by atoms with Crippen LogP contribution < -0.4 is 4.74 Å². The van der Waals surface area contributed by atoms with Gasteiger partial charge in [-0.2, -0.15) is 13.2 Å². The molecule has 0 fully saturated rings. The van der Waals surface area contributed by atoms with Crippen molar-refractivity contribution < 1.29 is 27.4 Å². The van der Waals surface area contributed by atoms with Gasteiger partial charge in [0.2, 0.25) is 5.69 Å². The molecule has 0 saturated heterocycles. The first-order valence-corrected chi connectivity index (χ1v) is 6.67. The Morgan fingerprint density at radius 3 is 2.43 bits per heavy atom. The predicted molar refractivity (Wildman–Crippen MR) is 73.1 cm³/mol. The van der Waals surface area contributed by atoms with E-state index in [-0.39, 0.29) is 13.2 Å². The summed E-state index contributed by atoms with van der Waals surface area (Å²) in [7, 11) is 1.50. The molecule has 1 heterocycles. The number of hydrogen-bond acceptors (Lipinski definition) is 5. The number of carbonyl (C=O) groups is 1. The summed E-state index contributed by atoms with van der Waals surface area (Å²) in [5.74, 6) is -0.507. The van der Waals surface area contributed by atoms with Crippen LogP contribution in [0, 0.1) is 0 Å². The Kier molecular flexibility index (Phi) is 4.87. The van der Waals surface area contributed by atoms with Crippen LogP contribution >= 0.6 is 0 Å². The SMILES string of the molecule is CCOC(=O)c1c(C(F)(F)F)nnn1Cc1ccc(OC)cc1. The smallest absolute Gasteiger partial charge is 0.437 e. The fourth-order valence-corrected chi connectivity index (χ4v) is 1.92. The summed E-state index contributed by atoms with van der Waals surface area (Å²) in [6.07, 6.45) is -4.79. The molecule has 1 aromatic carbocycles. The molecule has 0 atom stereocenters. The Hall–Kier alpha value is -2.58. The fourth-order valence-electron chi connectivity index (χ4n) is 1.92. The monoisotopic (exact) mass is 329 g/mol. The van der Waals surface area contributed by atoms with Gasteiger partial charge in [-0.25, -0.2) is 9.48 Å². The van der Waals surface area contributed by atoms with Crippen molar-refractivity contribution in [1.29, 1.82) is 0 Å². The number of halogens is 3. The van der Waals surface area contributed by atoms with Gasteiger partial charge in [0, 0.05) is 0 Å². The van der Waals surface area contributed by atoms with Crippen LogP contribution in [0.3, 0.4) is 0 Å². The number of esters is 1. The van der Waals surface area contributed by atoms with Crippen molar-refractivity contribution in [3.63, 3.8) is 0 Å². The lowest BCUT2D eigenvalue weighted by molar-refractivity contribution is -0.141. The maximum atomic E-state index is 13.0. The summed E-state index contributed by atoms with van der Waals surface area (Å²) in [5, 5.41) is 6.52. The molecule has 0 saturated carbocycles. The predicted octanol–water partition coefficient (Wildman–Crippen LogP) is 2.53. The quantitative estimate of drug-likeness (QED) is 0.789. The van der Waals surface area contributed by atoms with E-state index in [9.17, 15) is 18.0 Å². The largest absolute Gasteiger partial charge is 0.497 e. The zero-order valence-corrected chi connectivity index (χ0v) is 12.4. The number of hydrogen-bond donors (Lipinski definition) is 0. The highest BCUT2D eigenvalue weighted by Gasteiger charge is 2.41. The number of rotatable bonds is 5. The summed E-state index contributed by atoms with van der Waals surface area (Å²) in [4.78, 5) is 11.8. The second-order valence-corrected chi connectivity index (χ2v) is 4.51. The molecule has 1 aromatic heterocycles. The molecule has 0 N–H and O–H groups in total. The van der Waals surface area contributed by atoms with Crippen LogP contribution in [0.2, 0.25) is 0 Å². The highest BCUT2D eigenvalue weighted by molar-refractivity contribution is 5.88. The molecular formula is C14H14F3N3O3. The molecular weight excluding hydrogens is 315 g/mol. The van der Waals surface area contributed by atoms with Crippen molar-refractivity contribution in [3.05, 3.63) is 41.2 Å². The normalized spacial score (nSPS) is 11.3. The molecule has 6 nitrogen and oxygen atoms in total. The van der Waals surface area contributed by atoms with E-state index in [1.165, 1.54) is 14.0 Å². The van der Waals surface area contributed by atoms with Crippen molar-refractivity contribution >= 4 is 5.97 Å². The Balaban J connectivity index is 2.37. The maximum absolute atomic E-state index is 13.0. The number of benzene rings is 1. The van der Waals surface area contributed by atoms with E-state index < -0.39 is 23.5 Å². The van der Waals surface area contributed by atoms with Crippen molar-refractivity contribution in [2.45, 2.75) is 19.6 Å². The van der Waals surface area contributed by atoms with Crippen LogP contribution in [0.1, 0.15) is 28.7 Å². The van der Waals surface area contributed by atoms with Crippen molar-refractivity contribution in [2.75, 3.05) is 13.7 Å². The average molecular weight is 329 g/mol. The van der Waals surface area contributed by atoms with Crippen LogP contribution in [-0.4, -0.2) is 34.7 Å². The molecule has 0 spiro atoms. The molecule has 0 aliphatic carbocycles. The fraction of sp³-hybridized carbons (Fsp3) is 0.357. The van der Waals surface area contributed by atoms with Crippen LogP contribution in [0.25, 0.3) is 0 Å². The summed E-state index contributed by atoms with van der Waals surface area (Å²) >= 11 is 0. The zero-order chi connectivity index (χ0) is 17.0. The molecule has 0 radical (unpaired) electrons. The Bertz CT molecular complexity index is 681. The van der Waals surface area contributed by atoms with E-state index in [0.717, 1.165) is 4.68 Å². The Morgan fingerprint density at radius 1 is 1.26 bits per heavy atom. The lowest BCUT2D eigenvalue weighted by Crippen LogP contribution is -2.19. The summed E-state index contributed by atoms with van der Waals surface area (Å²) in [6, 6.07) is 6.62. The number of nitrogens with zero attached hydrogens (tertiary/aromatic N) is 3. The van der Waals surface area contributed by atoms with Gasteiger partial charge in [0.1, 0.15) is 5.75 Å². The van der Waals surface area contributed by atoms with Gasteiger partial charge >= 0.3 is 12.1 Å². The molecule has 23 heavy (non-hydrogen) atoms. The zero-order valence-electron chi connectivity index (χ0n) is 12.4. The van der Waals surface area contributed by atoms with Gasteiger partial charge in [0.15, 0.2) is 5.69 Å². The van der Waals surface area contributed by atoms with E-state index in [4.69, 9.17) is 4.74 Å². The summed E-state index contributed by atoms with van der Waals surface area (Å²) < 4.78 is 49.4. The van der Waals surface area contributed by atoms with Gasteiger partial charge in [0.05, 0.1) is 20.3 Å². The number of aromatic nitrogens is 3. The third-order valence-corrected chi connectivity index (χ3v) is 2.96. The van der Waals surface area contributed by atoms with Crippen LogP contribution in [0.4, 0.5) is 13.2 Å². The van der Waals surface area contributed by atoms with Crippen LogP contribution in [-0.2, 0) is 17.5 Å². The standard InChI is InChI=1S/C14H14F3N3O3/c1-3-23-13(21)11-12(14(15,16)17)18-19-20(11)8-9-4-6-10(22-2)7-5-9/h4-7H,3,8H2,1-2H3. The Morgan fingerprint density at radius 2 is 1.91 bits per heavy atom. The van der Waals surface area contributed by atoms with Gasteiger partial charge in [0.25, 0.3) is 0 Å². The number of alkyl halides is 3. The molecule has 0 aliphatic heterocycles. The van der Waals surface area contributed by atoms with E-state index >= 15 is 0 Å². The molecule has 2 aromatic rings. The van der Waals surface area contributed by atoms with Crippen molar-refractivity contribution in [1.82, 2.24) is 15.0 Å². The summed E-state index contributed by atoms with van der Waals surface area (Å²) in [6.45, 7) is 1.40. The Labute approximate surface area is 129 Å². The third kappa shape index (κ3) is 3.79. The molecule has 0 bridgehead atoms. The van der Waals surface area contributed by atoms with Gasteiger partial charge in [-0.15, -0.1) is 5.10 Å². The van der Waals surface area contributed by atoms with Crippen LogP contribution in [0.15, 0.2) is 24.3 Å². The molecule has 124 valence electrons. The first kappa shape index (κ1) is 16.8. The first-order valence-electron chi connectivity index (χ1n) is 6.67. The van der Waals surface area contributed by atoms with E-state index in [1.807, 2.05) is 0 Å². The molecule has 0 amide bonds. The topological polar surface area (TPSA) is 66.2 Å². The van der Waals surface area contributed by atoms with E-state index in [2.05, 4.69) is 15.0 Å². The summed E-state index contributed by atoms with van der Waals surface area (Å²) in [5.41, 5.74) is -1.44. The number of methoxy groups -OCH3 is 1. The van der Waals surface area contributed by atoms with Crippen molar-refractivity contribution in [2.24, 2.45) is 0 Å². The van der Waals surface area contributed by atoms with Crippen LogP contribution in [0.5, 0.6) is 5.75 Å². The lowest BCUT2D eigenvalue weighted by Gasteiger charge is -2.09. The van der Waals surface area contributed by atoms with Gasteiger partial charge in [-0.3, -0.25) is 0 Å². The molecule has 0 aliphatic rings. The van der Waals surface area contributed by atoms with Gasteiger partial charge < -0.3 is 9.47 Å². The number of ether oxygens (including phenoxy) is 2. The maximum Gasteiger partial charge on any atom is 0.437 e. The third-order valence-electron chi connectivity index (χ3n) is 2.96. The first-order chi connectivity index (χ1) is 10.9. The highest BCUT2D eigenvalue weighted by Crippen LogP contribution is 2.30. The van der Waals surface area contributed by atoms with Gasteiger partial charge in [-0.05, 0) is 24.6 Å².